The normalized spacial score (nSPS) is 21.7. The molecule has 1 aliphatic heterocycles. The minimum atomic E-state index is -4.72. The summed E-state index contributed by atoms with van der Waals surface area (Å²) in [6, 6.07) is 0.499. The van der Waals surface area contributed by atoms with Crippen LogP contribution in [0.25, 0.3) is 0 Å². The van der Waals surface area contributed by atoms with E-state index in [0.717, 1.165) is 54.0 Å². The topological polar surface area (TPSA) is 120 Å². The predicted molar refractivity (Wildman–Crippen MR) is 128 cm³/mol. The highest BCUT2D eigenvalue weighted by molar-refractivity contribution is 7.91. The van der Waals surface area contributed by atoms with Gasteiger partial charge in [-0.15, -0.1) is 0 Å². The fourth-order valence-corrected chi connectivity index (χ4v) is 6.89. The van der Waals surface area contributed by atoms with Crippen LogP contribution in [0.3, 0.4) is 0 Å². The first kappa shape index (κ1) is 23.1. The van der Waals surface area contributed by atoms with Crippen molar-refractivity contribution in [2.75, 3.05) is 16.2 Å². The van der Waals surface area contributed by atoms with Gasteiger partial charge in [-0.3, -0.25) is 9.15 Å². The molecule has 1 saturated heterocycles. The standard InChI is InChI=1S/C23H30N5O5S/c1-15-11-18(9-10-33-15)27(19-13-24-26(2)14-19)34(31,32)28(30)23(29)25-22-20-7-3-5-16(20)12-17-6-4-8-21(17)22/h12-15,18H,3-11H2,1-2H3,(H,25,29)/q-1/t15-,18+/m1/s1. The summed E-state index contributed by atoms with van der Waals surface area (Å²) in [6.45, 7) is 2.23. The fourth-order valence-electron chi connectivity index (χ4n) is 5.55. The summed E-state index contributed by atoms with van der Waals surface area (Å²) in [6.07, 6.45) is 9.02. The number of aryl methyl sites for hydroxylation is 3. The first-order chi connectivity index (χ1) is 16.3. The molecule has 0 unspecified atom stereocenters. The van der Waals surface area contributed by atoms with Crippen LogP contribution in [0.1, 0.15) is 54.9 Å². The molecule has 2 heterocycles. The number of hydroxylamine groups is 1. The SMILES string of the molecule is C[C@@H]1C[C@@H](N(c2cnn(C)c2)S(=O)(=O)N([O-])C(=O)Nc2c3c(cc4c2CCC4)CCC3)CCO1. The van der Waals surface area contributed by atoms with E-state index in [1.54, 1.807) is 7.05 Å². The van der Waals surface area contributed by atoms with Gasteiger partial charge in [-0.1, -0.05) is 6.07 Å². The van der Waals surface area contributed by atoms with Crippen molar-refractivity contribution in [3.8, 4) is 0 Å². The van der Waals surface area contributed by atoms with Gasteiger partial charge >= 0.3 is 16.2 Å². The summed E-state index contributed by atoms with van der Waals surface area (Å²) < 4.78 is 34.8. The van der Waals surface area contributed by atoms with E-state index >= 15 is 0 Å². The Morgan fingerprint density at radius 1 is 1.21 bits per heavy atom. The Bertz CT molecular complexity index is 1180. The van der Waals surface area contributed by atoms with Crippen molar-refractivity contribution < 1.29 is 17.9 Å². The number of fused-ring (bicyclic) bond motifs is 2. The first-order valence-electron chi connectivity index (χ1n) is 11.8. The van der Waals surface area contributed by atoms with Crippen LogP contribution in [0.2, 0.25) is 0 Å². The van der Waals surface area contributed by atoms with E-state index < -0.39 is 26.8 Å². The van der Waals surface area contributed by atoms with Crippen LogP contribution in [-0.2, 0) is 47.7 Å². The first-order valence-corrected chi connectivity index (χ1v) is 13.2. The maximum Gasteiger partial charge on any atom is 0.326 e. The van der Waals surface area contributed by atoms with E-state index in [-0.39, 0.29) is 11.8 Å². The lowest BCUT2D eigenvalue weighted by Crippen LogP contribution is -2.52. The highest BCUT2D eigenvalue weighted by Crippen LogP contribution is 2.39. The van der Waals surface area contributed by atoms with Crippen molar-refractivity contribution in [3.05, 3.63) is 45.9 Å². The van der Waals surface area contributed by atoms with Gasteiger partial charge in [-0.2, -0.15) is 13.5 Å². The van der Waals surface area contributed by atoms with Gasteiger partial charge in [0.25, 0.3) is 0 Å². The summed E-state index contributed by atoms with van der Waals surface area (Å²) in [7, 11) is -3.06. The minimum absolute atomic E-state index is 0.170. The molecule has 34 heavy (non-hydrogen) atoms. The zero-order valence-electron chi connectivity index (χ0n) is 19.5. The van der Waals surface area contributed by atoms with E-state index in [1.165, 1.54) is 28.2 Å². The number of hydrogen-bond acceptors (Lipinski definition) is 6. The summed E-state index contributed by atoms with van der Waals surface area (Å²) in [5.74, 6) is 0. The van der Waals surface area contributed by atoms with E-state index in [0.29, 0.717) is 25.1 Å². The van der Waals surface area contributed by atoms with Gasteiger partial charge in [0.05, 0.1) is 24.0 Å². The molecule has 0 radical (unpaired) electrons. The van der Waals surface area contributed by atoms with Crippen LogP contribution in [0, 0.1) is 5.21 Å². The number of aromatic nitrogens is 2. The number of hydrogen-bond donors (Lipinski definition) is 1. The molecule has 0 bridgehead atoms. The van der Waals surface area contributed by atoms with Crippen LogP contribution in [0.15, 0.2) is 18.5 Å². The highest BCUT2D eigenvalue weighted by Gasteiger charge is 2.37. The van der Waals surface area contributed by atoms with Crippen molar-refractivity contribution in [1.82, 2.24) is 14.2 Å². The van der Waals surface area contributed by atoms with Gasteiger partial charge in [-0.05, 0) is 80.5 Å². The average Bonchev–Trinajstić information content (AvgIpc) is 3.54. The highest BCUT2D eigenvalue weighted by atomic mass is 32.2. The van der Waals surface area contributed by atoms with Crippen molar-refractivity contribution >= 4 is 27.6 Å². The Morgan fingerprint density at radius 2 is 1.88 bits per heavy atom. The van der Waals surface area contributed by atoms with Gasteiger partial charge in [0, 0.05) is 25.5 Å². The molecule has 2 aromatic rings. The lowest BCUT2D eigenvalue weighted by Gasteiger charge is -2.40. The Hall–Kier alpha value is -2.63. The van der Waals surface area contributed by atoms with E-state index in [9.17, 15) is 18.4 Å². The smallest absolute Gasteiger partial charge is 0.326 e. The van der Waals surface area contributed by atoms with Crippen LogP contribution >= 0.6 is 0 Å². The monoisotopic (exact) mass is 488 g/mol. The van der Waals surface area contributed by atoms with Crippen LogP contribution in [-0.4, -0.2) is 47.5 Å². The lowest BCUT2D eigenvalue weighted by atomic mass is 9.99. The van der Waals surface area contributed by atoms with Gasteiger partial charge in [0.1, 0.15) is 0 Å². The molecule has 2 aliphatic carbocycles. The molecular weight excluding hydrogens is 458 g/mol. The fraction of sp³-hybridized carbons (Fsp3) is 0.565. The van der Waals surface area contributed by atoms with Crippen molar-refractivity contribution in [2.24, 2.45) is 7.05 Å². The molecular formula is C23H30N5O5S-. The number of rotatable bonds is 5. The molecule has 2 atom stereocenters. The summed E-state index contributed by atoms with van der Waals surface area (Å²) >= 11 is 0. The van der Waals surface area contributed by atoms with Crippen LogP contribution < -0.4 is 9.62 Å². The van der Waals surface area contributed by atoms with E-state index in [4.69, 9.17) is 4.74 Å². The van der Waals surface area contributed by atoms with Gasteiger partial charge in [0.15, 0.2) is 0 Å². The molecule has 11 heteroatoms. The van der Waals surface area contributed by atoms with Crippen molar-refractivity contribution in [2.45, 2.75) is 70.4 Å². The van der Waals surface area contributed by atoms with Crippen LogP contribution in [0.4, 0.5) is 16.2 Å². The Morgan fingerprint density at radius 3 is 2.47 bits per heavy atom. The van der Waals surface area contributed by atoms with E-state index in [2.05, 4.69) is 16.5 Å². The Balaban J connectivity index is 1.46. The third-order valence-corrected chi connectivity index (χ3v) is 8.65. The molecule has 1 aromatic carbocycles. The maximum absolute atomic E-state index is 13.5. The van der Waals surface area contributed by atoms with Gasteiger partial charge in [0.2, 0.25) is 0 Å². The summed E-state index contributed by atoms with van der Waals surface area (Å²) in [5.41, 5.74) is 5.31. The number of amides is 2. The zero-order valence-corrected chi connectivity index (χ0v) is 20.3. The molecule has 1 aromatic heterocycles. The molecule has 184 valence electrons. The van der Waals surface area contributed by atoms with Crippen LogP contribution in [0.5, 0.6) is 0 Å². The molecule has 1 fully saturated rings. The summed E-state index contributed by atoms with van der Waals surface area (Å²) in [4.78, 5) is 13.1. The molecule has 5 rings (SSSR count). The van der Waals surface area contributed by atoms with Crippen molar-refractivity contribution in [3.63, 3.8) is 0 Å². The zero-order chi connectivity index (χ0) is 24.0. The molecule has 10 nitrogen and oxygen atoms in total. The van der Waals surface area contributed by atoms with Crippen molar-refractivity contribution in [1.29, 1.82) is 0 Å². The maximum atomic E-state index is 13.5. The number of carbonyl (C=O) groups excluding carboxylic acids is 1. The number of urea groups is 1. The molecule has 1 N–H and O–H groups in total. The van der Waals surface area contributed by atoms with Gasteiger partial charge in [-0.25, -0.2) is 9.10 Å². The molecule has 0 saturated carbocycles. The number of nitrogens with zero attached hydrogens (tertiary/aromatic N) is 4. The third-order valence-electron chi connectivity index (χ3n) is 7.06. The molecule has 2 amide bonds. The minimum Gasteiger partial charge on any atom is -0.740 e. The second kappa shape index (κ2) is 8.86. The Labute approximate surface area is 199 Å². The summed E-state index contributed by atoms with van der Waals surface area (Å²) in [5, 5.41) is 19.9. The predicted octanol–water partition coefficient (Wildman–Crippen LogP) is 3.05. The van der Waals surface area contributed by atoms with E-state index in [1.807, 2.05) is 6.92 Å². The third kappa shape index (κ3) is 4.05. The second-order valence-corrected chi connectivity index (χ2v) is 11.0. The number of anilines is 2. The second-order valence-electron chi connectivity index (χ2n) is 9.43. The lowest BCUT2D eigenvalue weighted by molar-refractivity contribution is 0.0208. The number of ether oxygens (including phenoxy) is 1. The number of carbonyl (C=O) groups is 1. The molecule has 0 spiro atoms. The largest absolute Gasteiger partial charge is 0.740 e. The quantitative estimate of drug-likeness (QED) is 0.646. The Kier molecular flexibility index (Phi) is 6.03. The molecule has 3 aliphatic rings. The number of nitrogens with one attached hydrogen (secondary N) is 1. The average molecular weight is 489 g/mol. The van der Waals surface area contributed by atoms with Gasteiger partial charge < -0.3 is 15.3 Å². The number of benzene rings is 1.